The second-order valence-corrected chi connectivity index (χ2v) is 6.08. The van der Waals surface area contributed by atoms with Crippen LogP contribution in [-0.4, -0.2) is 7.05 Å². The van der Waals surface area contributed by atoms with Gasteiger partial charge in [-0.3, -0.25) is 0 Å². The Bertz CT molecular complexity index is 637. The fourth-order valence-corrected chi connectivity index (χ4v) is 3.28. The first-order chi connectivity index (χ1) is 10.2. The Morgan fingerprint density at radius 3 is 2.52 bits per heavy atom. The molecule has 21 heavy (non-hydrogen) atoms. The molecule has 0 bridgehead atoms. The molecule has 0 spiro atoms. The number of halogens is 2. The maximum Gasteiger partial charge on any atom is 0.0725 e. The molecule has 0 amide bonds. The quantitative estimate of drug-likeness (QED) is 0.893. The molecule has 0 fully saturated rings. The summed E-state index contributed by atoms with van der Waals surface area (Å²) in [5.74, 6) is 0. The SMILES string of the molecule is CNC(Cc1c(Cl)cccc1Cl)c1ccc2c(c1)COC2. The summed E-state index contributed by atoms with van der Waals surface area (Å²) < 4.78 is 5.48. The van der Waals surface area contributed by atoms with E-state index in [2.05, 4.69) is 23.5 Å². The molecule has 1 atom stereocenters. The summed E-state index contributed by atoms with van der Waals surface area (Å²) in [6, 6.07) is 12.3. The number of ether oxygens (including phenoxy) is 1. The first-order valence-electron chi connectivity index (χ1n) is 6.98. The molecule has 2 aromatic rings. The van der Waals surface area contributed by atoms with Crippen LogP contribution < -0.4 is 5.32 Å². The van der Waals surface area contributed by atoms with Crippen molar-refractivity contribution in [2.45, 2.75) is 25.7 Å². The minimum atomic E-state index is 0.174. The fourth-order valence-electron chi connectivity index (χ4n) is 2.73. The number of hydrogen-bond donors (Lipinski definition) is 1. The van der Waals surface area contributed by atoms with E-state index in [9.17, 15) is 0 Å². The van der Waals surface area contributed by atoms with E-state index in [1.807, 2.05) is 25.2 Å². The van der Waals surface area contributed by atoms with E-state index in [1.54, 1.807) is 0 Å². The van der Waals surface area contributed by atoms with Crippen LogP contribution in [0.15, 0.2) is 36.4 Å². The lowest BCUT2D eigenvalue weighted by Gasteiger charge is -2.19. The highest BCUT2D eigenvalue weighted by atomic mass is 35.5. The Kier molecular flexibility index (Phi) is 4.51. The molecule has 0 radical (unpaired) electrons. The van der Waals surface area contributed by atoms with Gasteiger partial charge in [0.2, 0.25) is 0 Å². The minimum absolute atomic E-state index is 0.174. The monoisotopic (exact) mass is 321 g/mol. The third-order valence-corrected chi connectivity index (χ3v) is 4.67. The van der Waals surface area contributed by atoms with Crippen LogP contribution in [-0.2, 0) is 24.4 Å². The first-order valence-corrected chi connectivity index (χ1v) is 7.74. The Morgan fingerprint density at radius 1 is 1.10 bits per heavy atom. The van der Waals surface area contributed by atoms with E-state index >= 15 is 0 Å². The third kappa shape index (κ3) is 3.09. The molecule has 0 saturated carbocycles. The summed E-state index contributed by atoms with van der Waals surface area (Å²) in [5.41, 5.74) is 4.78. The van der Waals surface area contributed by atoms with E-state index in [0.717, 1.165) is 18.6 Å². The van der Waals surface area contributed by atoms with E-state index in [4.69, 9.17) is 27.9 Å². The second kappa shape index (κ2) is 6.37. The van der Waals surface area contributed by atoms with Crippen LogP contribution in [0.3, 0.4) is 0 Å². The molecule has 0 saturated heterocycles. The number of nitrogens with one attached hydrogen (secondary N) is 1. The van der Waals surface area contributed by atoms with Crippen molar-refractivity contribution in [3.63, 3.8) is 0 Å². The fraction of sp³-hybridized carbons (Fsp3) is 0.294. The standard InChI is InChI=1S/C17H17Cl2NO/c1-20-17(8-14-15(18)3-2-4-16(14)19)11-5-6-12-9-21-10-13(12)7-11/h2-7,17,20H,8-10H2,1H3. The summed E-state index contributed by atoms with van der Waals surface area (Å²) >= 11 is 12.6. The van der Waals surface area contributed by atoms with Crippen molar-refractivity contribution in [3.8, 4) is 0 Å². The van der Waals surface area contributed by atoms with Crippen LogP contribution in [0.5, 0.6) is 0 Å². The molecule has 0 aromatic heterocycles. The molecule has 4 heteroatoms. The van der Waals surface area contributed by atoms with Crippen molar-refractivity contribution in [2.75, 3.05) is 7.05 Å². The van der Waals surface area contributed by atoms with Gasteiger partial charge in [0.05, 0.1) is 13.2 Å². The van der Waals surface area contributed by atoms with Gasteiger partial charge in [-0.25, -0.2) is 0 Å². The van der Waals surface area contributed by atoms with Crippen molar-refractivity contribution in [1.82, 2.24) is 5.32 Å². The zero-order chi connectivity index (χ0) is 14.8. The normalized spacial score (nSPS) is 15.0. The first kappa shape index (κ1) is 14.9. The zero-order valence-corrected chi connectivity index (χ0v) is 13.3. The molecule has 2 aromatic carbocycles. The van der Waals surface area contributed by atoms with Gasteiger partial charge >= 0.3 is 0 Å². The maximum atomic E-state index is 6.28. The van der Waals surface area contributed by atoms with Crippen LogP contribution in [0.4, 0.5) is 0 Å². The van der Waals surface area contributed by atoms with E-state index < -0.39 is 0 Å². The Labute approximate surface area is 135 Å². The highest BCUT2D eigenvalue weighted by Crippen LogP contribution is 2.31. The number of likely N-dealkylation sites (N-methyl/N-ethyl adjacent to an activating group) is 1. The van der Waals surface area contributed by atoms with Crippen molar-refractivity contribution in [3.05, 3.63) is 68.7 Å². The summed E-state index contributed by atoms with van der Waals surface area (Å²) in [6.45, 7) is 1.42. The van der Waals surface area contributed by atoms with Gasteiger partial charge < -0.3 is 10.1 Å². The summed E-state index contributed by atoms with van der Waals surface area (Å²) in [4.78, 5) is 0. The van der Waals surface area contributed by atoms with Gasteiger partial charge in [-0.2, -0.15) is 0 Å². The van der Waals surface area contributed by atoms with Crippen molar-refractivity contribution in [1.29, 1.82) is 0 Å². The molecule has 0 aliphatic carbocycles. The lowest BCUT2D eigenvalue weighted by atomic mass is 9.96. The molecular formula is C17H17Cl2NO. The average molecular weight is 322 g/mol. The highest BCUT2D eigenvalue weighted by Gasteiger charge is 2.18. The van der Waals surface area contributed by atoms with Crippen LogP contribution in [0.2, 0.25) is 10.0 Å². The largest absolute Gasteiger partial charge is 0.372 e. The molecule has 3 rings (SSSR count). The van der Waals surface area contributed by atoms with E-state index in [1.165, 1.54) is 16.7 Å². The molecule has 2 nitrogen and oxygen atoms in total. The molecular weight excluding hydrogens is 305 g/mol. The number of fused-ring (bicyclic) bond motifs is 1. The second-order valence-electron chi connectivity index (χ2n) is 5.27. The van der Waals surface area contributed by atoms with Gasteiger partial charge in [-0.1, -0.05) is 47.5 Å². The van der Waals surface area contributed by atoms with Crippen LogP contribution in [0.25, 0.3) is 0 Å². The number of benzene rings is 2. The average Bonchev–Trinajstić information content (AvgIpc) is 2.94. The van der Waals surface area contributed by atoms with Gasteiger partial charge in [-0.05, 0) is 47.9 Å². The van der Waals surface area contributed by atoms with Gasteiger partial charge in [-0.15, -0.1) is 0 Å². The predicted octanol–water partition coefficient (Wildman–Crippen LogP) is 4.53. The molecule has 1 unspecified atom stereocenters. The summed E-state index contributed by atoms with van der Waals surface area (Å²) in [7, 11) is 1.96. The van der Waals surface area contributed by atoms with E-state index in [-0.39, 0.29) is 6.04 Å². The van der Waals surface area contributed by atoms with Crippen LogP contribution in [0, 0.1) is 0 Å². The molecule has 1 aliphatic heterocycles. The van der Waals surface area contributed by atoms with Gasteiger partial charge in [0.25, 0.3) is 0 Å². The lowest BCUT2D eigenvalue weighted by molar-refractivity contribution is 0.134. The number of hydrogen-bond acceptors (Lipinski definition) is 2. The highest BCUT2D eigenvalue weighted by molar-refractivity contribution is 6.36. The molecule has 1 aliphatic rings. The van der Waals surface area contributed by atoms with Crippen LogP contribution in [0.1, 0.15) is 28.3 Å². The zero-order valence-electron chi connectivity index (χ0n) is 11.8. The summed E-state index contributed by atoms with van der Waals surface area (Å²) in [5, 5.41) is 4.78. The topological polar surface area (TPSA) is 21.3 Å². The Hall–Kier alpha value is -1.06. The Balaban J connectivity index is 1.89. The van der Waals surface area contributed by atoms with Crippen LogP contribution >= 0.6 is 23.2 Å². The third-order valence-electron chi connectivity index (χ3n) is 3.97. The van der Waals surface area contributed by atoms with Gasteiger partial charge in [0, 0.05) is 16.1 Å². The molecule has 1 heterocycles. The van der Waals surface area contributed by atoms with Crippen molar-refractivity contribution in [2.24, 2.45) is 0 Å². The van der Waals surface area contributed by atoms with Crippen molar-refractivity contribution >= 4 is 23.2 Å². The predicted molar refractivity (Wildman–Crippen MR) is 86.9 cm³/mol. The summed E-state index contributed by atoms with van der Waals surface area (Å²) in [6.07, 6.45) is 0.759. The molecule has 1 N–H and O–H groups in total. The minimum Gasteiger partial charge on any atom is -0.372 e. The van der Waals surface area contributed by atoms with Gasteiger partial charge in [0.15, 0.2) is 0 Å². The lowest BCUT2D eigenvalue weighted by Crippen LogP contribution is -2.19. The maximum absolute atomic E-state index is 6.28. The van der Waals surface area contributed by atoms with Gasteiger partial charge in [0.1, 0.15) is 0 Å². The number of rotatable bonds is 4. The smallest absolute Gasteiger partial charge is 0.0725 e. The Morgan fingerprint density at radius 2 is 1.81 bits per heavy atom. The molecule has 110 valence electrons. The van der Waals surface area contributed by atoms with E-state index in [0.29, 0.717) is 16.7 Å². The van der Waals surface area contributed by atoms with Crippen molar-refractivity contribution < 1.29 is 4.74 Å².